The lowest BCUT2D eigenvalue weighted by atomic mass is 9.66. The van der Waals surface area contributed by atoms with Crippen LogP contribution in [0.5, 0.6) is 0 Å². The summed E-state index contributed by atoms with van der Waals surface area (Å²) in [6.07, 6.45) is 7.79. The zero-order valence-electron chi connectivity index (χ0n) is 8.60. The van der Waals surface area contributed by atoms with Crippen LogP contribution in [-0.2, 0) is 4.79 Å². The Morgan fingerprint density at radius 1 is 1.46 bits per heavy atom. The van der Waals surface area contributed by atoms with E-state index in [9.17, 15) is 4.79 Å². The van der Waals surface area contributed by atoms with E-state index in [0.29, 0.717) is 11.7 Å². The number of allylic oxidation sites excluding steroid dienone is 2. The second kappa shape index (κ2) is 2.97. The van der Waals surface area contributed by atoms with Gasteiger partial charge >= 0.3 is 0 Å². The first-order valence-electron chi connectivity index (χ1n) is 5.32. The zero-order valence-corrected chi connectivity index (χ0v) is 8.60. The molecule has 0 bridgehead atoms. The summed E-state index contributed by atoms with van der Waals surface area (Å²) < 4.78 is 0. The molecule has 0 saturated heterocycles. The van der Waals surface area contributed by atoms with Gasteiger partial charge in [-0.2, -0.15) is 0 Å². The largest absolute Gasteiger partial charge is 0.295 e. The molecule has 0 N–H and O–H groups in total. The Bertz CT molecular complexity index is 260. The molecular weight excluding hydrogens is 160 g/mol. The topological polar surface area (TPSA) is 17.1 Å². The Balaban J connectivity index is 2.24. The highest BCUT2D eigenvalue weighted by atomic mass is 16.1. The monoisotopic (exact) mass is 178 g/mol. The SMILES string of the molecule is CC1(C)CC(=O)C2=CCCC[C@H]2C1. The van der Waals surface area contributed by atoms with Gasteiger partial charge in [-0.1, -0.05) is 19.9 Å². The third-order valence-electron chi connectivity index (χ3n) is 3.32. The summed E-state index contributed by atoms with van der Waals surface area (Å²) in [5.74, 6) is 1.01. The summed E-state index contributed by atoms with van der Waals surface area (Å²) in [4.78, 5) is 11.8. The molecule has 13 heavy (non-hydrogen) atoms. The molecule has 0 aromatic carbocycles. The van der Waals surface area contributed by atoms with Crippen molar-refractivity contribution in [3.63, 3.8) is 0 Å². The molecule has 0 heterocycles. The van der Waals surface area contributed by atoms with Crippen LogP contribution in [0.4, 0.5) is 0 Å². The van der Waals surface area contributed by atoms with Crippen LogP contribution in [0.1, 0.15) is 46.0 Å². The summed E-state index contributed by atoms with van der Waals surface area (Å²) in [5.41, 5.74) is 1.40. The van der Waals surface area contributed by atoms with Gasteiger partial charge in [-0.05, 0) is 42.6 Å². The van der Waals surface area contributed by atoms with Gasteiger partial charge in [0.25, 0.3) is 0 Å². The van der Waals surface area contributed by atoms with Gasteiger partial charge in [-0.25, -0.2) is 0 Å². The van der Waals surface area contributed by atoms with E-state index >= 15 is 0 Å². The summed E-state index contributed by atoms with van der Waals surface area (Å²) >= 11 is 0. The molecule has 1 saturated carbocycles. The maximum absolute atomic E-state index is 11.8. The van der Waals surface area contributed by atoms with Crippen molar-refractivity contribution < 1.29 is 4.79 Å². The van der Waals surface area contributed by atoms with Crippen LogP contribution in [0.2, 0.25) is 0 Å². The molecule has 0 radical (unpaired) electrons. The van der Waals surface area contributed by atoms with Crippen LogP contribution in [0.15, 0.2) is 11.6 Å². The lowest BCUT2D eigenvalue weighted by molar-refractivity contribution is -0.120. The number of carbonyl (C=O) groups excluding carboxylic acids is 1. The molecule has 2 rings (SSSR count). The molecular formula is C12H18O. The number of hydrogen-bond donors (Lipinski definition) is 0. The third-order valence-corrected chi connectivity index (χ3v) is 3.32. The maximum Gasteiger partial charge on any atom is 0.159 e. The van der Waals surface area contributed by atoms with Crippen LogP contribution >= 0.6 is 0 Å². The highest BCUT2D eigenvalue weighted by molar-refractivity contribution is 5.97. The summed E-state index contributed by atoms with van der Waals surface area (Å²) in [5, 5.41) is 0. The molecule has 0 unspecified atom stereocenters. The van der Waals surface area contributed by atoms with Crippen LogP contribution < -0.4 is 0 Å². The number of hydrogen-bond acceptors (Lipinski definition) is 1. The summed E-state index contributed by atoms with van der Waals surface area (Å²) in [7, 11) is 0. The minimum atomic E-state index is 0.246. The van der Waals surface area contributed by atoms with Crippen molar-refractivity contribution in [2.45, 2.75) is 46.0 Å². The normalized spacial score (nSPS) is 32.3. The Morgan fingerprint density at radius 3 is 3.00 bits per heavy atom. The third kappa shape index (κ3) is 1.70. The van der Waals surface area contributed by atoms with Crippen LogP contribution in [0.25, 0.3) is 0 Å². The molecule has 2 aliphatic rings. The first-order valence-corrected chi connectivity index (χ1v) is 5.32. The zero-order chi connectivity index (χ0) is 9.47. The van der Waals surface area contributed by atoms with E-state index in [-0.39, 0.29) is 5.41 Å². The van der Waals surface area contributed by atoms with Crippen molar-refractivity contribution in [1.29, 1.82) is 0 Å². The fourth-order valence-electron chi connectivity index (χ4n) is 2.77. The summed E-state index contributed by atoms with van der Waals surface area (Å²) in [6, 6.07) is 0. The van der Waals surface area contributed by atoms with E-state index in [2.05, 4.69) is 19.9 Å². The standard InChI is InChI=1S/C12H18O/c1-12(2)7-9-5-3-4-6-10(9)11(13)8-12/h6,9H,3-5,7-8H2,1-2H3/t9-/m0/s1. The van der Waals surface area contributed by atoms with Gasteiger partial charge in [0.2, 0.25) is 0 Å². The molecule has 1 fully saturated rings. The molecule has 0 aromatic rings. The number of carbonyl (C=O) groups is 1. The predicted octanol–water partition coefficient (Wildman–Crippen LogP) is 3.10. The van der Waals surface area contributed by atoms with Crippen molar-refractivity contribution in [3.05, 3.63) is 11.6 Å². The fourth-order valence-corrected chi connectivity index (χ4v) is 2.77. The van der Waals surface area contributed by atoms with Crippen molar-refractivity contribution >= 4 is 5.78 Å². The minimum absolute atomic E-state index is 0.246. The Morgan fingerprint density at radius 2 is 2.23 bits per heavy atom. The minimum Gasteiger partial charge on any atom is -0.295 e. The van der Waals surface area contributed by atoms with Crippen LogP contribution in [-0.4, -0.2) is 5.78 Å². The fraction of sp³-hybridized carbons (Fsp3) is 0.750. The van der Waals surface area contributed by atoms with Crippen molar-refractivity contribution in [2.75, 3.05) is 0 Å². The Labute approximate surface area is 80.2 Å². The van der Waals surface area contributed by atoms with E-state index in [1.54, 1.807) is 0 Å². The van der Waals surface area contributed by atoms with Crippen LogP contribution in [0.3, 0.4) is 0 Å². The van der Waals surface area contributed by atoms with E-state index < -0.39 is 0 Å². The molecule has 0 spiro atoms. The van der Waals surface area contributed by atoms with Gasteiger partial charge in [0, 0.05) is 6.42 Å². The van der Waals surface area contributed by atoms with E-state index in [4.69, 9.17) is 0 Å². The molecule has 2 aliphatic carbocycles. The molecule has 1 nitrogen and oxygen atoms in total. The summed E-state index contributed by atoms with van der Waals surface area (Å²) in [6.45, 7) is 4.44. The van der Waals surface area contributed by atoms with Gasteiger partial charge in [0.15, 0.2) is 5.78 Å². The lowest BCUT2D eigenvalue weighted by Gasteiger charge is -2.37. The Hall–Kier alpha value is -0.590. The van der Waals surface area contributed by atoms with Gasteiger partial charge in [-0.15, -0.1) is 0 Å². The predicted molar refractivity (Wildman–Crippen MR) is 53.4 cm³/mol. The smallest absolute Gasteiger partial charge is 0.159 e. The van der Waals surface area contributed by atoms with Gasteiger partial charge in [-0.3, -0.25) is 4.79 Å². The molecule has 1 heteroatoms. The second-order valence-electron chi connectivity index (χ2n) is 5.26. The van der Waals surface area contributed by atoms with Gasteiger partial charge < -0.3 is 0 Å². The number of ketones is 1. The number of fused-ring (bicyclic) bond motifs is 1. The average Bonchev–Trinajstić information content (AvgIpc) is 2.02. The number of Topliss-reactive ketones (excluding diaryl/α,β-unsaturated/α-hetero) is 1. The first kappa shape index (κ1) is 8.98. The average molecular weight is 178 g/mol. The molecule has 0 amide bonds. The van der Waals surface area contributed by atoms with Crippen molar-refractivity contribution in [3.8, 4) is 0 Å². The van der Waals surface area contributed by atoms with Crippen molar-refractivity contribution in [1.82, 2.24) is 0 Å². The lowest BCUT2D eigenvalue weighted by Crippen LogP contribution is -2.32. The van der Waals surface area contributed by atoms with Crippen LogP contribution in [0, 0.1) is 11.3 Å². The number of rotatable bonds is 0. The highest BCUT2D eigenvalue weighted by Gasteiger charge is 2.36. The molecule has 0 aliphatic heterocycles. The molecule has 0 aromatic heterocycles. The quantitative estimate of drug-likeness (QED) is 0.557. The van der Waals surface area contributed by atoms with E-state index in [0.717, 1.165) is 18.4 Å². The van der Waals surface area contributed by atoms with Gasteiger partial charge in [0.05, 0.1) is 0 Å². The second-order valence-corrected chi connectivity index (χ2v) is 5.26. The Kier molecular flexibility index (Phi) is 2.05. The highest BCUT2D eigenvalue weighted by Crippen LogP contribution is 2.43. The molecule has 1 atom stereocenters. The van der Waals surface area contributed by atoms with E-state index in [1.165, 1.54) is 19.3 Å². The van der Waals surface area contributed by atoms with Gasteiger partial charge in [0.1, 0.15) is 0 Å². The maximum atomic E-state index is 11.8. The van der Waals surface area contributed by atoms with E-state index in [1.807, 2.05) is 0 Å². The first-order chi connectivity index (χ1) is 6.08. The molecule has 72 valence electrons. The van der Waals surface area contributed by atoms with Crippen molar-refractivity contribution in [2.24, 2.45) is 11.3 Å².